The number of primary amides is 1. The first-order chi connectivity index (χ1) is 10.1. The molecule has 3 rings (SSSR count). The molecule has 2 heterocycles. The highest BCUT2D eigenvalue weighted by atomic mass is 16.5. The van der Waals surface area contributed by atoms with Crippen LogP contribution in [0.15, 0.2) is 30.5 Å². The smallest absolute Gasteiger partial charge is 0.267 e. The number of aromatic amines is 1. The number of hydrogen-bond acceptors (Lipinski definition) is 4. The number of hydrogen-bond donors (Lipinski definition) is 2. The number of methoxy groups -OCH3 is 1. The van der Waals surface area contributed by atoms with Crippen molar-refractivity contribution in [1.82, 2.24) is 15.2 Å². The van der Waals surface area contributed by atoms with Crippen molar-refractivity contribution in [1.29, 1.82) is 0 Å². The van der Waals surface area contributed by atoms with Crippen LogP contribution in [-0.4, -0.2) is 28.2 Å². The average molecular weight is 282 g/mol. The quantitative estimate of drug-likeness (QED) is 0.768. The van der Waals surface area contributed by atoms with Crippen LogP contribution in [0.4, 0.5) is 0 Å². The van der Waals surface area contributed by atoms with Gasteiger partial charge in [0.15, 0.2) is 5.65 Å². The van der Waals surface area contributed by atoms with Crippen molar-refractivity contribution in [3.05, 3.63) is 41.7 Å². The van der Waals surface area contributed by atoms with E-state index >= 15 is 0 Å². The molecule has 0 spiro atoms. The zero-order chi connectivity index (χ0) is 15.0. The lowest BCUT2D eigenvalue weighted by Crippen LogP contribution is -2.13. The van der Waals surface area contributed by atoms with E-state index in [9.17, 15) is 4.79 Å². The molecule has 0 saturated carbocycles. The van der Waals surface area contributed by atoms with Crippen LogP contribution in [0.25, 0.3) is 22.2 Å². The Balaban J connectivity index is 2.25. The molecule has 1 amide bonds. The van der Waals surface area contributed by atoms with Crippen LogP contribution < -0.4 is 10.5 Å². The van der Waals surface area contributed by atoms with Crippen molar-refractivity contribution in [3.8, 4) is 16.9 Å². The molecule has 0 bridgehead atoms. The predicted octanol–water partition coefficient (Wildman–Crippen LogP) is 2.04. The molecule has 0 unspecified atom stereocenters. The molecular weight excluding hydrogens is 268 g/mol. The van der Waals surface area contributed by atoms with Crippen LogP contribution >= 0.6 is 0 Å². The number of carbonyl (C=O) groups excluding carboxylic acids is 1. The Kier molecular flexibility index (Phi) is 3.06. The number of ether oxygens (including phenoxy) is 1. The molecule has 6 nitrogen and oxygen atoms in total. The Morgan fingerprint density at radius 1 is 1.33 bits per heavy atom. The molecule has 0 radical (unpaired) electrons. The maximum Gasteiger partial charge on any atom is 0.267 e. The first kappa shape index (κ1) is 13.1. The zero-order valence-electron chi connectivity index (χ0n) is 11.7. The topological polar surface area (TPSA) is 93.9 Å². The van der Waals surface area contributed by atoms with Gasteiger partial charge in [-0.2, -0.15) is 5.10 Å². The van der Waals surface area contributed by atoms with Crippen LogP contribution in [0.3, 0.4) is 0 Å². The second-order valence-corrected chi connectivity index (χ2v) is 4.74. The number of pyridine rings is 1. The Morgan fingerprint density at radius 3 is 2.81 bits per heavy atom. The molecule has 106 valence electrons. The van der Waals surface area contributed by atoms with Gasteiger partial charge in [-0.15, -0.1) is 0 Å². The van der Waals surface area contributed by atoms with Gasteiger partial charge < -0.3 is 10.5 Å². The summed E-state index contributed by atoms with van der Waals surface area (Å²) < 4.78 is 5.27. The van der Waals surface area contributed by atoms with E-state index in [2.05, 4.69) is 15.2 Å². The first-order valence-electron chi connectivity index (χ1n) is 6.39. The molecule has 0 aliphatic heterocycles. The van der Waals surface area contributed by atoms with E-state index in [-0.39, 0.29) is 5.69 Å². The summed E-state index contributed by atoms with van der Waals surface area (Å²) in [5.41, 5.74) is 8.89. The highest BCUT2D eigenvalue weighted by molar-refractivity contribution is 5.99. The van der Waals surface area contributed by atoms with Gasteiger partial charge in [0.2, 0.25) is 0 Å². The minimum Gasteiger partial charge on any atom is -0.496 e. The number of aryl methyl sites for hydroxylation is 1. The second kappa shape index (κ2) is 4.90. The van der Waals surface area contributed by atoms with Gasteiger partial charge in [0.1, 0.15) is 11.4 Å². The van der Waals surface area contributed by atoms with E-state index in [0.717, 1.165) is 27.8 Å². The highest BCUT2D eigenvalue weighted by Gasteiger charge is 2.13. The van der Waals surface area contributed by atoms with E-state index < -0.39 is 5.91 Å². The summed E-state index contributed by atoms with van der Waals surface area (Å²) in [7, 11) is 1.63. The maximum atomic E-state index is 11.4. The Labute approximate surface area is 120 Å². The summed E-state index contributed by atoms with van der Waals surface area (Å²) in [4.78, 5) is 15.6. The number of fused-ring (bicyclic) bond motifs is 1. The van der Waals surface area contributed by atoms with Crippen LogP contribution in [0.5, 0.6) is 5.75 Å². The van der Waals surface area contributed by atoms with E-state index in [4.69, 9.17) is 10.5 Å². The van der Waals surface area contributed by atoms with Gasteiger partial charge >= 0.3 is 0 Å². The average Bonchev–Trinajstić information content (AvgIpc) is 2.94. The normalized spacial score (nSPS) is 10.8. The van der Waals surface area contributed by atoms with Crippen molar-refractivity contribution in [2.24, 2.45) is 5.73 Å². The zero-order valence-corrected chi connectivity index (χ0v) is 11.7. The third-order valence-electron chi connectivity index (χ3n) is 3.38. The van der Waals surface area contributed by atoms with Crippen LogP contribution in [0.2, 0.25) is 0 Å². The number of aromatic nitrogens is 3. The Bertz CT molecular complexity index is 839. The highest BCUT2D eigenvalue weighted by Crippen LogP contribution is 2.30. The van der Waals surface area contributed by atoms with E-state index in [1.165, 1.54) is 0 Å². The maximum absolute atomic E-state index is 11.4. The fourth-order valence-corrected chi connectivity index (χ4v) is 2.34. The minimum absolute atomic E-state index is 0.204. The van der Waals surface area contributed by atoms with Gasteiger partial charge in [0.25, 0.3) is 5.91 Å². The fraction of sp³-hybridized carbons (Fsp3) is 0.133. The monoisotopic (exact) mass is 282 g/mol. The molecular formula is C15H14N4O2. The van der Waals surface area contributed by atoms with Crippen LogP contribution in [-0.2, 0) is 0 Å². The van der Waals surface area contributed by atoms with Crippen molar-refractivity contribution >= 4 is 16.9 Å². The minimum atomic E-state index is -0.571. The SMILES string of the molecule is COc1ccc(-c2cc(C(N)=O)nc3[nH]ncc23)cc1C. The van der Waals surface area contributed by atoms with Crippen molar-refractivity contribution in [2.75, 3.05) is 7.11 Å². The third kappa shape index (κ3) is 2.20. The molecule has 0 atom stereocenters. The van der Waals surface area contributed by atoms with Crippen molar-refractivity contribution < 1.29 is 9.53 Å². The Hall–Kier alpha value is -2.89. The van der Waals surface area contributed by atoms with Crippen LogP contribution in [0, 0.1) is 6.92 Å². The van der Waals surface area contributed by atoms with E-state index in [1.54, 1.807) is 19.4 Å². The number of benzene rings is 1. The molecule has 0 saturated heterocycles. The predicted molar refractivity (Wildman–Crippen MR) is 79.1 cm³/mol. The number of rotatable bonds is 3. The standard InChI is InChI=1S/C15H14N4O2/c1-8-5-9(3-4-13(8)21-2)10-6-12(14(16)20)18-15-11(10)7-17-19-15/h3-7H,1-2H3,(H2,16,20)(H,17,18,19). The molecule has 0 aliphatic rings. The van der Waals surface area contributed by atoms with Gasteiger partial charge in [0, 0.05) is 5.39 Å². The number of nitrogens with two attached hydrogens (primary N) is 1. The molecule has 3 N–H and O–H groups in total. The molecule has 1 aromatic carbocycles. The third-order valence-corrected chi connectivity index (χ3v) is 3.38. The first-order valence-corrected chi connectivity index (χ1v) is 6.39. The van der Waals surface area contributed by atoms with Crippen molar-refractivity contribution in [2.45, 2.75) is 6.92 Å². The second-order valence-electron chi connectivity index (χ2n) is 4.74. The molecule has 2 aromatic heterocycles. The van der Waals surface area contributed by atoms with E-state index in [0.29, 0.717) is 5.65 Å². The number of H-pyrrole nitrogens is 1. The lowest BCUT2D eigenvalue weighted by molar-refractivity contribution is 0.0996. The number of carbonyl (C=O) groups is 1. The molecule has 21 heavy (non-hydrogen) atoms. The van der Waals surface area contributed by atoms with E-state index in [1.807, 2.05) is 25.1 Å². The largest absolute Gasteiger partial charge is 0.496 e. The molecule has 6 heteroatoms. The van der Waals surface area contributed by atoms with Gasteiger partial charge in [-0.25, -0.2) is 4.98 Å². The van der Waals surface area contributed by atoms with Gasteiger partial charge in [0.05, 0.1) is 13.3 Å². The lowest BCUT2D eigenvalue weighted by atomic mass is 10.0. The summed E-state index contributed by atoms with van der Waals surface area (Å²) in [5.74, 6) is 0.240. The number of nitrogens with zero attached hydrogens (tertiary/aromatic N) is 2. The fourth-order valence-electron chi connectivity index (χ4n) is 2.34. The van der Waals surface area contributed by atoms with Gasteiger partial charge in [-0.05, 0) is 41.8 Å². The molecule has 0 aliphatic carbocycles. The number of amides is 1. The molecule has 3 aromatic rings. The summed E-state index contributed by atoms with van der Waals surface area (Å²) in [5, 5.41) is 7.59. The van der Waals surface area contributed by atoms with Crippen LogP contribution in [0.1, 0.15) is 16.1 Å². The lowest BCUT2D eigenvalue weighted by Gasteiger charge is -2.09. The summed E-state index contributed by atoms with van der Waals surface area (Å²) in [6, 6.07) is 7.49. The summed E-state index contributed by atoms with van der Waals surface area (Å²) in [6.45, 7) is 1.96. The van der Waals surface area contributed by atoms with Gasteiger partial charge in [-0.3, -0.25) is 9.89 Å². The number of nitrogens with one attached hydrogen (secondary N) is 1. The summed E-state index contributed by atoms with van der Waals surface area (Å²) in [6.07, 6.45) is 1.68. The summed E-state index contributed by atoms with van der Waals surface area (Å²) >= 11 is 0. The molecule has 0 fully saturated rings. The Morgan fingerprint density at radius 2 is 2.14 bits per heavy atom. The van der Waals surface area contributed by atoms with Crippen molar-refractivity contribution in [3.63, 3.8) is 0 Å². The van der Waals surface area contributed by atoms with Gasteiger partial charge in [-0.1, -0.05) is 6.07 Å².